The predicted octanol–water partition coefficient (Wildman–Crippen LogP) is 1.16. The van der Waals surface area contributed by atoms with Crippen LogP contribution in [0.25, 0.3) is 0 Å². The first-order valence-electron chi connectivity index (χ1n) is 4.25. The number of nitrogens with two attached hydrogens (primary N) is 1. The second-order valence-corrected chi connectivity index (χ2v) is 3.64. The molecule has 15 heavy (non-hydrogen) atoms. The third kappa shape index (κ3) is 1.37. The number of carbonyl (C=O) groups excluding carboxylic acids is 1. The summed E-state index contributed by atoms with van der Waals surface area (Å²) in [5.41, 5.74) is 4.17. The Morgan fingerprint density at radius 2 is 2.27 bits per heavy atom. The fourth-order valence-electron chi connectivity index (χ4n) is 1.45. The molecule has 1 saturated heterocycles. The average Bonchev–Trinajstić information content (AvgIpc) is 2.94. The summed E-state index contributed by atoms with van der Waals surface area (Å²) in [6.45, 7) is 0. The van der Waals surface area contributed by atoms with E-state index in [-0.39, 0.29) is 0 Å². The van der Waals surface area contributed by atoms with Crippen LogP contribution in [0.1, 0.15) is 11.7 Å². The number of amides is 1. The Hall–Kier alpha value is -1.57. The molecule has 4 nitrogen and oxygen atoms in total. The zero-order valence-electron chi connectivity index (χ0n) is 7.61. The van der Waals surface area contributed by atoms with E-state index in [4.69, 9.17) is 27.3 Å². The van der Waals surface area contributed by atoms with E-state index in [1.54, 1.807) is 30.3 Å². The molecule has 0 bridgehead atoms. The van der Waals surface area contributed by atoms with Gasteiger partial charge in [0.25, 0.3) is 11.5 Å². The molecule has 0 unspecified atom stereocenters. The minimum atomic E-state index is -1.54. The van der Waals surface area contributed by atoms with Crippen LogP contribution in [0.2, 0.25) is 5.02 Å². The molecule has 2 atom stereocenters. The van der Waals surface area contributed by atoms with Gasteiger partial charge in [0.1, 0.15) is 12.2 Å². The Labute approximate surface area is 91.2 Å². The van der Waals surface area contributed by atoms with Gasteiger partial charge in [0, 0.05) is 10.6 Å². The van der Waals surface area contributed by atoms with Gasteiger partial charge < -0.3 is 10.5 Å². The fourth-order valence-corrected chi connectivity index (χ4v) is 1.68. The number of carbonyl (C=O) groups is 1. The van der Waals surface area contributed by atoms with Gasteiger partial charge in [-0.25, -0.2) is 0 Å². The van der Waals surface area contributed by atoms with Crippen molar-refractivity contribution in [3.63, 3.8) is 0 Å². The molecule has 1 heterocycles. The van der Waals surface area contributed by atoms with Crippen molar-refractivity contribution in [2.24, 2.45) is 5.73 Å². The molecule has 5 heteroatoms. The van der Waals surface area contributed by atoms with Crippen molar-refractivity contribution in [3.8, 4) is 6.07 Å². The highest BCUT2D eigenvalue weighted by atomic mass is 35.5. The lowest BCUT2D eigenvalue weighted by Crippen LogP contribution is -2.31. The largest absolute Gasteiger partial charge is 0.366 e. The van der Waals surface area contributed by atoms with Crippen LogP contribution in [0.5, 0.6) is 0 Å². The summed E-state index contributed by atoms with van der Waals surface area (Å²) in [5, 5.41) is 9.29. The maximum Gasteiger partial charge on any atom is 0.267 e. The lowest BCUT2D eigenvalue weighted by atomic mass is 10.0. The van der Waals surface area contributed by atoms with Crippen LogP contribution in [0.3, 0.4) is 0 Å². The molecule has 1 aliphatic rings. The fraction of sp³-hybridized carbons (Fsp3) is 0.200. The smallest absolute Gasteiger partial charge is 0.267 e. The van der Waals surface area contributed by atoms with Crippen LogP contribution in [0.4, 0.5) is 0 Å². The number of benzene rings is 1. The van der Waals surface area contributed by atoms with E-state index < -0.39 is 17.6 Å². The first-order chi connectivity index (χ1) is 7.12. The first kappa shape index (κ1) is 9.97. The molecule has 0 spiro atoms. The van der Waals surface area contributed by atoms with Gasteiger partial charge in [0.2, 0.25) is 0 Å². The van der Waals surface area contributed by atoms with Gasteiger partial charge >= 0.3 is 0 Å². The van der Waals surface area contributed by atoms with Crippen LogP contribution in [-0.2, 0) is 9.53 Å². The van der Waals surface area contributed by atoms with E-state index in [0.717, 1.165) is 0 Å². The summed E-state index contributed by atoms with van der Waals surface area (Å²) >= 11 is 5.91. The molecular formula is C10H7ClN2O2. The molecule has 0 aromatic heterocycles. The van der Waals surface area contributed by atoms with Gasteiger partial charge in [-0.2, -0.15) is 5.26 Å². The topological polar surface area (TPSA) is 79.4 Å². The molecule has 76 valence electrons. The van der Waals surface area contributed by atoms with Gasteiger partial charge in [-0.05, 0) is 6.07 Å². The van der Waals surface area contributed by atoms with Crippen LogP contribution in [0.15, 0.2) is 24.3 Å². The number of primary amides is 1. The molecule has 2 N–H and O–H groups in total. The van der Waals surface area contributed by atoms with Crippen LogP contribution in [-0.4, -0.2) is 11.5 Å². The number of hydrogen-bond donors (Lipinski definition) is 1. The van der Waals surface area contributed by atoms with E-state index in [0.29, 0.717) is 10.6 Å². The van der Waals surface area contributed by atoms with Gasteiger partial charge in [-0.1, -0.05) is 29.8 Å². The lowest BCUT2D eigenvalue weighted by molar-refractivity contribution is -0.121. The number of rotatable bonds is 2. The Bertz CT molecular complexity index is 469. The first-order valence-corrected chi connectivity index (χ1v) is 4.63. The summed E-state index contributed by atoms with van der Waals surface area (Å²) < 4.78 is 5.06. The van der Waals surface area contributed by atoms with E-state index >= 15 is 0 Å². The highest BCUT2D eigenvalue weighted by molar-refractivity contribution is 6.31. The normalized spacial score (nSPS) is 28.1. The Kier molecular flexibility index (Phi) is 2.14. The third-order valence-electron chi connectivity index (χ3n) is 2.34. The summed E-state index contributed by atoms with van der Waals surface area (Å²) in [4.78, 5) is 11.0. The molecule has 1 fully saturated rings. The number of nitrogens with zero attached hydrogens (tertiary/aromatic N) is 1. The van der Waals surface area contributed by atoms with E-state index in [1.807, 2.05) is 0 Å². The highest BCUT2D eigenvalue weighted by Gasteiger charge is 2.64. The molecule has 0 radical (unpaired) electrons. The summed E-state index contributed by atoms with van der Waals surface area (Å²) in [7, 11) is 0. The lowest BCUT2D eigenvalue weighted by Gasteiger charge is -2.00. The molecule has 1 aliphatic heterocycles. The SMILES string of the molecule is N#C[C@]1(C(N)=O)O[C@@H]1c1ccccc1Cl. The predicted molar refractivity (Wildman–Crippen MR) is 52.8 cm³/mol. The van der Waals surface area contributed by atoms with Crippen molar-refractivity contribution in [1.29, 1.82) is 5.26 Å². The Morgan fingerprint density at radius 1 is 1.60 bits per heavy atom. The van der Waals surface area contributed by atoms with Crippen LogP contribution < -0.4 is 5.73 Å². The minimum absolute atomic E-state index is 0.459. The number of hydrogen-bond acceptors (Lipinski definition) is 3. The second-order valence-electron chi connectivity index (χ2n) is 3.23. The maximum absolute atomic E-state index is 11.0. The van der Waals surface area contributed by atoms with Crippen molar-refractivity contribution >= 4 is 17.5 Å². The van der Waals surface area contributed by atoms with Crippen molar-refractivity contribution in [2.45, 2.75) is 11.7 Å². The highest BCUT2D eigenvalue weighted by Crippen LogP contribution is 2.50. The van der Waals surface area contributed by atoms with E-state index in [1.165, 1.54) is 0 Å². The molecule has 2 rings (SSSR count). The average molecular weight is 223 g/mol. The van der Waals surface area contributed by atoms with Gasteiger partial charge in [-0.15, -0.1) is 0 Å². The number of ether oxygens (including phenoxy) is 1. The second kappa shape index (κ2) is 3.23. The summed E-state index contributed by atoms with van der Waals surface area (Å²) in [5.74, 6) is -0.782. The number of epoxide rings is 1. The van der Waals surface area contributed by atoms with Crippen LogP contribution in [0, 0.1) is 11.3 Å². The molecule has 0 aliphatic carbocycles. The van der Waals surface area contributed by atoms with Gasteiger partial charge in [0.15, 0.2) is 0 Å². The van der Waals surface area contributed by atoms with Gasteiger partial charge in [-0.3, -0.25) is 4.79 Å². The number of halogens is 1. The van der Waals surface area contributed by atoms with Crippen molar-refractivity contribution in [2.75, 3.05) is 0 Å². The zero-order chi connectivity index (χ0) is 11.1. The zero-order valence-corrected chi connectivity index (χ0v) is 8.36. The monoisotopic (exact) mass is 222 g/mol. The summed E-state index contributed by atoms with van der Waals surface area (Å²) in [6.07, 6.45) is -0.645. The standard InChI is InChI=1S/C10H7ClN2O2/c11-7-4-2-1-3-6(7)8-10(5-12,15-8)9(13)14/h1-4,8H,(H2,13,14)/t8-,10+/m1/s1. The Morgan fingerprint density at radius 3 is 2.73 bits per heavy atom. The third-order valence-corrected chi connectivity index (χ3v) is 2.68. The molecule has 0 saturated carbocycles. The van der Waals surface area contributed by atoms with Crippen molar-refractivity contribution in [1.82, 2.24) is 0 Å². The minimum Gasteiger partial charge on any atom is -0.366 e. The van der Waals surface area contributed by atoms with E-state index in [9.17, 15) is 4.79 Å². The molecule has 1 amide bonds. The quantitative estimate of drug-likeness (QED) is 0.763. The van der Waals surface area contributed by atoms with Gasteiger partial charge in [0.05, 0.1) is 0 Å². The molecular weight excluding hydrogens is 216 g/mol. The molecule has 1 aromatic rings. The maximum atomic E-state index is 11.0. The number of nitriles is 1. The van der Waals surface area contributed by atoms with Crippen molar-refractivity contribution < 1.29 is 9.53 Å². The summed E-state index contributed by atoms with van der Waals surface area (Å²) in [6, 6.07) is 8.66. The van der Waals surface area contributed by atoms with Crippen molar-refractivity contribution in [3.05, 3.63) is 34.9 Å². The van der Waals surface area contributed by atoms with E-state index in [2.05, 4.69) is 0 Å². The van der Waals surface area contributed by atoms with Crippen LogP contribution >= 0.6 is 11.6 Å². The molecule has 1 aromatic carbocycles. The Balaban J connectivity index is 2.36.